The quantitative estimate of drug-likeness (QED) is 0.792. The van der Waals surface area contributed by atoms with E-state index in [-0.39, 0.29) is 30.3 Å². The summed E-state index contributed by atoms with van der Waals surface area (Å²) in [5, 5.41) is 10.9. The number of hydrogen-bond donors (Lipinski definition) is 3. The van der Waals surface area contributed by atoms with E-state index in [1.54, 1.807) is 30.3 Å². The van der Waals surface area contributed by atoms with Crippen LogP contribution in [0.25, 0.3) is 0 Å². The minimum atomic E-state index is -0.196. The predicted molar refractivity (Wildman–Crippen MR) is 94.7 cm³/mol. The van der Waals surface area contributed by atoms with Crippen molar-refractivity contribution in [2.75, 3.05) is 18.4 Å². The van der Waals surface area contributed by atoms with Gasteiger partial charge in [-0.15, -0.1) is 23.7 Å². The monoisotopic (exact) mass is 351 g/mol. The van der Waals surface area contributed by atoms with Crippen LogP contribution in [0.4, 0.5) is 5.69 Å². The second-order valence-electron chi connectivity index (χ2n) is 5.14. The zero-order valence-corrected chi connectivity index (χ0v) is 14.0. The molecule has 7 heteroatoms. The highest BCUT2D eigenvalue weighted by Gasteiger charge is 2.20. The standard InChI is InChI=1S/C16H17N3O2S.ClH/c20-15(18-11-7-8-17-10-11)12-4-1-2-5-13(12)19-16(21)14-6-3-9-22-14;/h1-6,9,11,17H,7-8,10H2,(H,18,20)(H,19,21);1H. The van der Waals surface area contributed by atoms with Crippen LogP contribution < -0.4 is 16.0 Å². The number of benzene rings is 1. The van der Waals surface area contributed by atoms with Crippen molar-refractivity contribution in [1.82, 2.24) is 10.6 Å². The van der Waals surface area contributed by atoms with E-state index < -0.39 is 0 Å². The Bertz CT molecular complexity index is 670. The maximum Gasteiger partial charge on any atom is 0.265 e. The highest BCUT2D eigenvalue weighted by atomic mass is 35.5. The van der Waals surface area contributed by atoms with E-state index in [1.165, 1.54) is 11.3 Å². The van der Waals surface area contributed by atoms with Crippen LogP contribution in [0.1, 0.15) is 26.5 Å². The van der Waals surface area contributed by atoms with Crippen molar-refractivity contribution in [2.24, 2.45) is 0 Å². The number of hydrogen-bond acceptors (Lipinski definition) is 4. The number of rotatable bonds is 4. The Morgan fingerprint density at radius 3 is 2.65 bits per heavy atom. The Kier molecular flexibility index (Phi) is 6.15. The summed E-state index contributed by atoms with van der Waals surface area (Å²) in [6.45, 7) is 1.71. The summed E-state index contributed by atoms with van der Waals surface area (Å²) < 4.78 is 0. The molecule has 122 valence electrons. The topological polar surface area (TPSA) is 70.2 Å². The van der Waals surface area contributed by atoms with Crippen LogP contribution in [-0.4, -0.2) is 30.9 Å². The fourth-order valence-electron chi connectivity index (χ4n) is 2.42. The number of anilines is 1. The van der Waals surface area contributed by atoms with Gasteiger partial charge in [0.25, 0.3) is 11.8 Å². The molecule has 0 saturated carbocycles. The van der Waals surface area contributed by atoms with Gasteiger partial charge in [-0.1, -0.05) is 18.2 Å². The highest BCUT2D eigenvalue weighted by Crippen LogP contribution is 2.18. The summed E-state index contributed by atoms with van der Waals surface area (Å²) in [5.41, 5.74) is 1.02. The molecule has 2 amide bonds. The molecule has 0 radical (unpaired) electrons. The SMILES string of the molecule is Cl.O=C(Nc1ccccc1C(=O)NC1CCNC1)c1cccs1. The molecule has 0 bridgehead atoms. The molecular weight excluding hydrogens is 334 g/mol. The number of thiophene rings is 1. The van der Waals surface area contributed by atoms with E-state index in [2.05, 4.69) is 16.0 Å². The van der Waals surface area contributed by atoms with Gasteiger partial charge >= 0.3 is 0 Å². The van der Waals surface area contributed by atoms with E-state index in [0.717, 1.165) is 19.5 Å². The zero-order valence-electron chi connectivity index (χ0n) is 12.4. The van der Waals surface area contributed by atoms with Crippen molar-refractivity contribution in [3.63, 3.8) is 0 Å². The zero-order chi connectivity index (χ0) is 15.4. The number of nitrogens with one attached hydrogen (secondary N) is 3. The average Bonchev–Trinajstić information content (AvgIpc) is 3.21. The summed E-state index contributed by atoms with van der Waals surface area (Å²) >= 11 is 1.37. The molecule has 1 unspecified atom stereocenters. The number of para-hydroxylation sites is 1. The van der Waals surface area contributed by atoms with Gasteiger partial charge in [0, 0.05) is 12.6 Å². The second kappa shape index (κ2) is 8.10. The highest BCUT2D eigenvalue weighted by molar-refractivity contribution is 7.12. The first-order valence-electron chi connectivity index (χ1n) is 7.19. The number of carbonyl (C=O) groups excluding carboxylic acids is 2. The molecular formula is C16H18ClN3O2S. The van der Waals surface area contributed by atoms with E-state index in [9.17, 15) is 9.59 Å². The Hall–Kier alpha value is -1.89. The molecule has 2 aromatic rings. The second-order valence-corrected chi connectivity index (χ2v) is 6.09. The van der Waals surface area contributed by atoms with Crippen LogP contribution >= 0.6 is 23.7 Å². The largest absolute Gasteiger partial charge is 0.348 e. The van der Waals surface area contributed by atoms with Gasteiger partial charge in [0.15, 0.2) is 0 Å². The van der Waals surface area contributed by atoms with E-state index in [0.29, 0.717) is 16.1 Å². The maximum atomic E-state index is 12.4. The summed E-state index contributed by atoms with van der Waals surface area (Å²) in [6.07, 6.45) is 0.926. The average molecular weight is 352 g/mol. The van der Waals surface area contributed by atoms with Crippen LogP contribution in [0.2, 0.25) is 0 Å². The van der Waals surface area contributed by atoms with Crippen LogP contribution in [-0.2, 0) is 0 Å². The molecule has 1 fully saturated rings. The summed E-state index contributed by atoms with van der Waals surface area (Å²) in [6, 6.07) is 10.8. The molecule has 2 heterocycles. The van der Waals surface area contributed by atoms with Crippen molar-refractivity contribution >= 4 is 41.2 Å². The Morgan fingerprint density at radius 2 is 1.96 bits per heavy atom. The van der Waals surface area contributed by atoms with E-state index in [1.807, 2.05) is 11.4 Å². The molecule has 23 heavy (non-hydrogen) atoms. The Morgan fingerprint density at radius 1 is 1.13 bits per heavy atom. The lowest BCUT2D eigenvalue weighted by molar-refractivity contribution is 0.0941. The third-order valence-corrected chi connectivity index (χ3v) is 4.43. The molecule has 5 nitrogen and oxygen atoms in total. The molecule has 1 atom stereocenters. The van der Waals surface area contributed by atoms with E-state index >= 15 is 0 Å². The Labute approximate surface area is 144 Å². The predicted octanol–water partition coefficient (Wildman–Crippen LogP) is 2.51. The summed E-state index contributed by atoms with van der Waals surface area (Å²) in [7, 11) is 0. The number of halogens is 1. The van der Waals surface area contributed by atoms with Gasteiger partial charge < -0.3 is 16.0 Å². The van der Waals surface area contributed by atoms with Crippen molar-refractivity contribution in [2.45, 2.75) is 12.5 Å². The van der Waals surface area contributed by atoms with Crippen LogP contribution in [0, 0.1) is 0 Å². The van der Waals surface area contributed by atoms with Gasteiger partial charge in [-0.05, 0) is 36.5 Å². The molecule has 3 N–H and O–H groups in total. The van der Waals surface area contributed by atoms with Crippen molar-refractivity contribution in [1.29, 1.82) is 0 Å². The first-order valence-corrected chi connectivity index (χ1v) is 8.07. The molecule has 1 aliphatic rings. The van der Waals surface area contributed by atoms with Crippen LogP contribution in [0.5, 0.6) is 0 Å². The third kappa shape index (κ3) is 4.31. The van der Waals surface area contributed by atoms with Gasteiger partial charge in [0.1, 0.15) is 0 Å². The minimum absolute atomic E-state index is 0. The summed E-state index contributed by atoms with van der Waals surface area (Å²) in [5.74, 6) is -0.353. The van der Waals surface area contributed by atoms with Gasteiger partial charge in [-0.25, -0.2) is 0 Å². The van der Waals surface area contributed by atoms with Gasteiger partial charge in [0.05, 0.1) is 16.1 Å². The van der Waals surface area contributed by atoms with Crippen molar-refractivity contribution in [3.8, 4) is 0 Å². The van der Waals surface area contributed by atoms with Crippen molar-refractivity contribution < 1.29 is 9.59 Å². The fraction of sp³-hybridized carbons (Fsp3) is 0.250. The van der Waals surface area contributed by atoms with E-state index in [4.69, 9.17) is 0 Å². The maximum absolute atomic E-state index is 12.4. The molecule has 1 aromatic carbocycles. The van der Waals surface area contributed by atoms with Crippen LogP contribution in [0.15, 0.2) is 41.8 Å². The molecule has 0 spiro atoms. The lowest BCUT2D eigenvalue weighted by atomic mass is 10.1. The molecule has 1 aliphatic heterocycles. The molecule has 0 aliphatic carbocycles. The van der Waals surface area contributed by atoms with Gasteiger partial charge in [-0.2, -0.15) is 0 Å². The summed E-state index contributed by atoms with van der Waals surface area (Å²) in [4.78, 5) is 25.2. The minimum Gasteiger partial charge on any atom is -0.348 e. The molecule has 3 rings (SSSR count). The smallest absolute Gasteiger partial charge is 0.265 e. The third-order valence-electron chi connectivity index (χ3n) is 3.56. The molecule has 1 saturated heterocycles. The lowest BCUT2D eigenvalue weighted by Gasteiger charge is -2.14. The lowest BCUT2D eigenvalue weighted by Crippen LogP contribution is -2.36. The molecule has 1 aromatic heterocycles. The first-order chi connectivity index (χ1) is 10.7. The number of amides is 2. The van der Waals surface area contributed by atoms with Gasteiger partial charge in [0.2, 0.25) is 0 Å². The normalized spacial score (nSPS) is 16.4. The van der Waals surface area contributed by atoms with Crippen molar-refractivity contribution in [3.05, 3.63) is 52.2 Å². The first kappa shape index (κ1) is 17.5. The fourth-order valence-corrected chi connectivity index (χ4v) is 3.04. The van der Waals surface area contributed by atoms with Gasteiger partial charge in [-0.3, -0.25) is 9.59 Å². The Balaban J connectivity index is 0.00000192. The number of carbonyl (C=O) groups is 2. The van der Waals surface area contributed by atoms with Crippen LogP contribution in [0.3, 0.4) is 0 Å².